The number of para-hydroxylation sites is 1. The maximum atomic E-state index is 9.31. The van der Waals surface area contributed by atoms with Crippen LogP contribution in [0.3, 0.4) is 0 Å². The molecule has 0 bridgehead atoms. The molecule has 3 N–H and O–H groups in total. The number of aryl methyl sites for hydroxylation is 1. The van der Waals surface area contributed by atoms with E-state index >= 15 is 0 Å². The highest BCUT2D eigenvalue weighted by Gasteiger charge is 2.29. The zero-order valence-electron chi connectivity index (χ0n) is 12.8. The summed E-state index contributed by atoms with van der Waals surface area (Å²) in [6.07, 6.45) is 6.93. The van der Waals surface area contributed by atoms with Gasteiger partial charge in [0.15, 0.2) is 0 Å². The predicted octanol–water partition coefficient (Wildman–Crippen LogP) is 3.02. The van der Waals surface area contributed by atoms with Gasteiger partial charge in [0.05, 0.1) is 0 Å². The van der Waals surface area contributed by atoms with E-state index in [0.717, 1.165) is 12.8 Å². The monoisotopic (exact) mass is 286 g/mol. The molecule has 0 radical (unpaired) electrons. The van der Waals surface area contributed by atoms with Crippen molar-refractivity contribution in [3.05, 3.63) is 36.0 Å². The molecule has 0 spiro atoms. The molecule has 3 nitrogen and oxygen atoms in total. The summed E-state index contributed by atoms with van der Waals surface area (Å²) in [5, 5.41) is 10.7. The summed E-state index contributed by atoms with van der Waals surface area (Å²) >= 11 is 0. The largest absolute Gasteiger partial charge is 0.396 e. The lowest BCUT2D eigenvalue weighted by Crippen LogP contribution is -2.26. The fourth-order valence-electron chi connectivity index (χ4n) is 4.02. The number of fused-ring (bicyclic) bond motifs is 1. The Morgan fingerprint density at radius 1 is 1.24 bits per heavy atom. The van der Waals surface area contributed by atoms with Gasteiger partial charge in [0.2, 0.25) is 0 Å². The van der Waals surface area contributed by atoms with E-state index in [4.69, 9.17) is 5.73 Å². The molecular weight excluding hydrogens is 260 g/mol. The van der Waals surface area contributed by atoms with Gasteiger partial charge in [-0.2, -0.15) is 0 Å². The van der Waals surface area contributed by atoms with Crippen LogP contribution in [0.1, 0.15) is 37.2 Å². The second-order valence-corrected chi connectivity index (χ2v) is 6.52. The van der Waals surface area contributed by atoms with Gasteiger partial charge in [-0.15, -0.1) is 0 Å². The van der Waals surface area contributed by atoms with Crippen LogP contribution < -0.4 is 5.73 Å². The average Bonchev–Trinajstić information content (AvgIpc) is 2.86. The lowest BCUT2D eigenvalue weighted by Gasteiger charge is -2.32. The number of nitrogens with two attached hydrogens (primary N) is 1. The van der Waals surface area contributed by atoms with Crippen LogP contribution in [0.25, 0.3) is 10.9 Å². The van der Waals surface area contributed by atoms with E-state index in [0.29, 0.717) is 30.9 Å². The van der Waals surface area contributed by atoms with E-state index in [1.165, 1.54) is 29.3 Å². The molecule has 114 valence electrons. The Balaban J connectivity index is 1.89. The number of aliphatic hydroxyl groups is 1. The summed E-state index contributed by atoms with van der Waals surface area (Å²) in [6.45, 7) is 1.05. The first-order chi connectivity index (χ1) is 10.2. The third-order valence-corrected chi connectivity index (χ3v) is 5.30. The van der Waals surface area contributed by atoms with Crippen LogP contribution in [0, 0.1) is 11.8 Å². The molecule has 0 saturated heterocycles. The normalized spacial score (nSPS) is 24.3. The third kappa shape index (κ3) is 2.72. The molecule has 3 rings (SSSR count). The molecule has 2 aromatic rings. The Morgan fingerprint density at radius 3 is 2.62 bits per heavy atom. The van der Waals surface area contributed by atoms with Crippen molar-refractivity contribution in [1.82, 2.24) is 4.57 Å². The second kappa shape index (κ2) is 6.20. The van der Waals surface area contributed by atoms with Crippen molar-refractivity contribution in [2.45, 2.75) is 31.6 Å². The number of nitrogens with zero attached hydrogens (tertiary/aromatic N) is 1. The van der Waals surface area contributed by atoms with E-state index < -0.39 is 0 Å². The predicted molar refractivity (Wildman–Crippen MR) is 87.2 cm³/mol. The summed E-state index contributed by atoms with van der Waals surface area (Å²) in [5.41, 5.74) is 8.84. The lowest BCUT2D eigenvalue weighted by atomic mass is 9.73. The molecular formula is C18H26N2O. The molecule has 1 aromatic heterocycles. The van der Waals surface area contributed by atoms with Crippen LogP contribution in [0.4, 0.5) is 0 Å². The SMILES string of the molecule is Cn1cc(C(CN)C2CCC(CO)CC2)c2ccccc21. The van der Waals surface area contributed by atoms with Crippen LogP contribution in [0.5, 0.6) is 0 Å². The minimum absolute atomic E-state index is 0.342. The maximum absolute atomic E-state index is 9.31. The minimum Gasteiger partial charge on any atom is -0.396 e. The Kier molecular flexibility index (Phi) is 4.32. The highest BCUT2D eigenvalue weighted by Crippen LogP contribution is 2.40. The van der Waals surface area contributed by atoms with Crippen LogP contribution >= 0.6 is 0 Å². The zero-order chi connectivity index (χ0) is 14.8. The van der Waals surface area contributed by atoms with Crippen molar-refractivity contribution >= 4 is 10.9 Å². The third-order valence-electron chi connectivity index (χ3n) is 5.30. The fourth-order valence-corrected chi connectivity index (χ4v) is 4.02. The Hall–Kier alpha value is -1.32. The molecule has 21 heavy (non-hydrogen) atoms. The first-order valence-electron chi connectivity index (χ1n) is 8.09. The van der Waals surface area contributed by atoms with Gasteiger partial charge in [-0.1, -0.05) is 18.2 Å². The molecule has 1 fully saturated rings. The highest BCUT2D eigenvalue weighted by molar-refractivity contribution is 5.84. The van der Waals surface area contributed by atoms with Crippen molar-refractivity contribution < 1.29 is 5.11 Å². The summed E-state index contributed by atoms with van der Waals surface area (Å²) in [6, 6.07) is 8.60. The van der Waals surface area contributed by atoms with Gasteiger partial charge >= 0.3 is 0 Å². The Labute approximate surface area is 126 Å². The van der Waals surface area contributed by atoms with Crippen molar-refractivity contribution in [1.29, 1.82) is 0 Å². The topological polar surface area (TPSA) is 51.2 Å². The minimum atomic E-state index is 0.342. The molecule has 0 aliphatic heterocycles. The summed E-state index contributed by atoms with van der Waals surface area (Å²) in [5.74, 6) is 1.60. The lowest BCUT2D eigenvalue weighted by molar-refractivity contribution is 0.158. The van der Waals surface area contributed by atoms with Crippen LogP contribution in [-0.2, 0) is 7.05 Å². The van der Waals surface area contributed by atoms with Gasteiger partial charge in [-0.3, -0.25) is 0 Å². The van der Waals surface area contributed by atoms with Crippen molar-refractivity contribution in [2.75, 3.05) is 13.2 Å². The van der Waals surface area contributed by atoms with Crippen LogP contribution in [-0.4, -0.2) is 22.8 Å². The van der Waals surface area contributed by atoms with Gasteiger partial charge in [-0.25, -0.2) is 0 Å². The zero-order valence-corrected chi connectivity index (χ0v) is 12.8. The summed E-state index contributed by atoms with van der Waals surface area (Å²) < 4.78 is 2.21. The molecule has 1 aliphatic rings. The van der Waals surface area contributed by atoms with Gasteiger partial charge in [0.1, 0.15) is 0 Å². The summed E-state index contributed by atoms with van der Waals surface area (Å²) in [4.78, 5) is 0. The quantitative estimate of drug-likeness (QED) is 0.907. The molecule has 1 aromatic carbocycles. The Morgan fingerprint density at radius 2 is 1.95 bits per heavy atom. The van der Waals surface area contributed by atoms with Gasteiger partial charge in [0, 0.05) is 36.7 Å². The molecule has 1 unspecified atom stereocenters. The fraction of sp³-hybridized carbons (Fsp3) is 0.556. The van der Waals surface area contributed by atoms with E-state index in [1.807, 2.05) is 0 Å². The van der Waals surface area contributed by atoms with E-state index in [9.17, 15) is 5.11 Å². The number of aliphatic hydroxyl groups excluding tert-OH is 1. The van der Waals surface area contributed by atoms with Gasteiger partial charge in [0.25, 0.3) is 0 Å². The number of benzene rings is 1. The Bertz CT molecular complexity index is 596. The second-order valence-electron chi connectivity index (χ2n) is 6.52. The molecule has 1 heterocycles. The number of hydrogen-bond acceptors (Lipinski definition) is 2. The van der Waals surface area contributed by atoms with E-state index in [2.05, 4.69) is 42.1 Å². The van der Waals surface area contributed by atoms with E-state index in [-0.39, 0.29) is 0 Å². The van der Waals surface area contributed by atoms with Gasteiger partial charge in [-0.05, 0) is 55.7 Å². The smallest absolute Gasteiger partial charge is 0.0480 e. The molecule has 1 atom stereocenters. The van der Waals surface area contributed by atoms with Crippen molar-refractivity contribution in [3.8, 4) is 0 Å². The standard InChI is InChI=1S/C18H26N2O/c1-20-11-17(15-4-2-3-5-18(15)20)16(10-19)14-8-6-13(12-21)7-9-14/h2-5,11,13-14,16,21H,6-10,12,19H2,1H3. The molecule has 1 aliphatic carbocycles. The molecule has 1 saturated carbocycles. The number of hydrogen-bond donors (Lipinski definition) is 2. The first-order valence-corrected chi connectivity index (χ1v) is 8.09. The summed E-state index contributed by atoms with van der Waals surface area (Å²) in [7, 11) is 2.11. The number of rotatable bonds is 4. The molecule has 0 amide bonds. The maximum Gasteiger partial charge on any atom is 0.0480 e. The van der Waals surface area contributed by atoms with E-state index in [1.54, 1.807) is 0 Å². The number of aromatic nitrogens is 1. The molecule has 3 heteroatoms. The van der Waals surface area contributed by atoms with Crippen LogP contribution in [0.15, 0.2) is 30.5 Å². The van der Waals surface area contributed by atoms with Crippen molar-refractivity contribution in [3.63, 3.8) is 0 Å². The average molecular weight is 286 g/mol. The van der Waals surface area contributed by atoms with Gasteiger partial charge < -0.3 is 15.4 Å². The highest BCUT2D eigenvalue weighted by atomic mass is 16.3. The van der Waals surface area contributed by atoms with Crippen molar-refractivity contribution in [2.24, 2.45) is 24.6 Å². The van der Waals surface area contributed by atoms with Crippen LogP contribution in [0.2, 0.25) is 0 Å². The first kappa shape index (κ1) is 14.6.